The number of benzene rings is 1. The second-order valence-electron chi connectivity index (χ2n) is 6.30. The number of nitrogens with zero attached hydrogens (tertiary/aromatic N) is 2. The molecule has 0 spiro atoms. The molecule has 0 amide bonds. The zero-order valence-corrected chi connectivity index (χ0v) is 16.9. The van der Waals surface area contributed by atoms with Crippen LogP contribution < -0.4 is 10.1 Å². The molecule has 0 bridgehead atoms. The van der Waals surface area contributed by atoms with E-state index in [0.29, 0.717) is 21.1 Å². The summed E-state index contributed by atoms with van der Waals surface area (Å²) < 4.78 is 7.58. The van der Waals surface area contributed by atoms with Gasteiger partial charge in [0.1, 0.15) is 16.7 Å². The number of rotatable bonds is 4. The molecule has 0 radical (unpaired) electrons. The summed E-state index contributed by atoms with van der Waals surface area (Å²) in [4.78, 5) is 8.68. The van der Waals surface area contributed by atoms with Gasteiger partial charge in [0.15, 0.2) is 5.13 Å². The smallest absolute Gasteiger partial charge is 0.184 e. The summed E-state index contributed by atoms with van der Waals surface area (Å²) in [5.41, 5.74) is 0.908. The van der Waals surface area contributed by atoms with Crippen LogP contribution in [0.3, 0.4) is 0 Å². The average Bonchev–Trinajstić information content (AvgIpc) is 3.02. The molecule has 2 N–H and O–H groups in total. The van der Waals surface area contributed by atoms with Crippen molar-refractivity contribution < 1.29 is 9.84 Å². The van der Waals surface area contributed by atoms with E-state index < -0.39 is 0 Å². The molecular formula is C18H17BrClN3O2S. The largest absolute Gasteiger partial charge is 0.456 e. The molecule has 2 heterocycles. The first kappa shape index (κ1) is 18.0. The standard InChI is InChI=1S/C18H17BrClN3O2S/c19-12-7-11(9-21-17(12)20)25-10-5-6-14-16(8-10)26-18(23-14)22-13-3-1-2-4-15(13)24/h5-9,13,15,24H,1-4H2,(H,22,23)/t13-,15-/m1/s1. The summed E-state index contributed by atoms with van der Waals surface area (Å²) in [6.45, 7) is 0. The number of halogens is 2. The molecule has 2 aromatic heterocycles. The van der Waals surface area contributed by atoms with Crippen LogP contribution in [0.2, 0.25) is 5.15 Å². The molecule has 5 nitrogen and oxygen atoms in total. The third-order valence-corrected chi connectivity index (χ3v) is 6.49. The fraction of sp³-hybridized carbons (Fsp3) is 0.333. The summed E-state index contributed by atoms with van der Waals surface area (Å²) in [6, 6.07) is 7.63. The molecule has 26 heavy (non-hydrogen) atoms. The summed E-state index contributed by atoms with van der Waals surface area (Å²) in [6.07, 6.45) is 5.35. The van der Waals surface area contributed by atoms with Crippen molar-refractivity contribution in [3.63, 3.8) is 0 Å². The number of thiazole rings is 1. The molecule has 1 aliphatic carbocycles. The normalized spacial score (nSPS) is 20.3. The summed E-state index contributed by atoms with van der Waals surface area (Å²) in [5.74, 6) is 1.32. The number of anilines is 1. The van der Waals surface area contributed by atoms with Crippen molar-refractivity contribution in [2.24, 2.45) is 0 Å². The molecule has 1 aromatic carbocycles. The SMILES string of the molecule is O[C@@H]1CCCC[C@H]1Nc1nc2ccc(Oc3cnc(Cl)c(Br)c3)cc2s1. The molecule has 0 unspecified atom stereocenters. The van der Waals surface area contributed by atoms with Crippen LogP contribution in [0.1, 0.15) is 25.7 Å². The topological polar surface area (TPSA) is 67.3 Å². The Balaban J connectivity index is 1.52. The van der Waals surface area contributed by atoms with Gasteiger partial charge in [0.25, 0.3) is 0 Å². The van der Waals surface area contributed by atoms with E-state index in [1.165, 1.54) is 0 Å². The highest BCUT2D eigenvalue weighted by molar-refractivity contribution is 9.10. The van der Waals surface area contributed by atoms with Crippen LogP contribution in [0, 0.1) is 0 Å². The van der Waals surface area contributed by atoms with E-state index in [4.69, 9.17) is 16.3 Å². The molecule has 0 saturated heterocycles. The number of nitrogens with one attached hydrogen (secondary N) is 1. The number of ether oxygens (including phenoxy) is 1. The molecule has 1 saturated carbocycles. The molecule has 3 aromatic rings. The Hall–Kier alpha value is -1.41. The molecule has 0 aliphatic heterocycles. The fourth-order valence-electron chi connectivity index (χ4n) is 3.06. The quantitative estimate of drug-likeness (QED) is 0.501. The fourth-order valence-corrected chi connectivity index (χ4v) is 4.45. The second kappa shape index (κ2) is 7.68. The second-order valence-corrected chi connectivity index (χ2v) is 8.54. The maximum absolute atomic E-state index is 10.1. The van der Waals surface area contributed by atoms with Gasteiger partial charge in [-0.2, -0.15) is 0 Å². The summed E-state index contributed by atoms with van der Waals surface area (Å²) in [5, 5.41) is 14.8. The van der Waals surface area contributed by atoms with Crippen LogP contribution in [0.25, 0.3) is 10.2 Å². The van der Waals surface area contributed by atoms with Crippen molar-refractivity contribution in [1.82, 2.24) is 9.97 Å². The van der Waals surface area contributed by atoms with Gasteiger partial charge in [0, 0.05) is 6.07 Å². The van der Waals surface area contributed by atoms with Crippen molar-refractivity contribution in [1.29, 1.82) is 0 Å². The van der Waals surface area contributed by atoms with E-state index in [1.807, 2.05) is 18.2 Å². The third-order valence-electron chi connectivity index (χ3n) is 4.41. The van der Waals surface area contributed by atoms with Crippen LogP contribution in [0.15, 0.2) is 34.9 Å². The lowest BCUT2D eigenvalue weighted by Crippen LogP contribution is -2.36. The lowest BCUT2D eigenvalue weighted by molar-refractivity contribution is 0.116. The summed E-state index contributed by atoms with van der Waals surface area (Å²) in [7, 11) is 0. The van der Waals surface area contributed by atoms with Crippen molar-refractivity contribution in [3.05, 3.63) is 40.1 Å². The van der Waals surface area contributed by atoms with Gasteiger partial charge in [0.2, 0.25) is 0 Å². The molecule has 1 aliphatic rings. The highest BCUT2D eigenvalue weighted by atomic mass is 79.9. The number of fused-ring (bicyclic) bond motifs is 1. The zero-order chi connectivity index (χ0) is 18.1. The number of aromatic nitrogens is 2. The van der Waals surface area contributed by atoms with Gasteiger partial charge in [-0.1, -0.05) is 35.8 Å². The minimum atomic E-state index is -0.300. The number of aliphatic hydroxyl groups excluding tert-OH is 1. The average molecular weight is 455 g/mol. The monoisotopic (exact) mass is 453 g/mol. The van der Waals surface area contributed by atoms with Gasteiger partial charge in [-0.15, -0.1) is 0 Å². The predicted octanol–water partition coefficient (Wildman–Crippen LogP) is 5.61. The maximum atomic E-state index is 10.1. The van der Waals surface area contributed by atoms with Gasteiger partial charge in [0.05, 0.1) is 33.0 Å². The van der Waals surface area contributed by atoms with E-state index in [0.717, 1.165) is 41.0 Å². The Morgan fingerprint density at radius 3 is 2.88 bits per heavy atom. The minimum Gasteiger partial charge on any atom is -0.456 e. The Bertz CT molecular complexity index is 936. The number of aliphatic hydroxyl groups is 1. The van der Waals surface area contributed by atoms with E-state index in [2.05, 4.69) is 31.2 Å². The molecule has 2 atom stereocenters. The van der Waals surface area contributed by atoms with E-state index in [9.17, 15) is 5.11 Å². The van der Waals surface area contributed by atoms with Gasteiger partial charge in [-0.3, -0.25) is 0 Å². The van der Waals surface area contributed by atoms with Gasteiger partial charge in [-0.25, -0.2) is 9.97 Å². The molecule has 136 valence electrons. The lowest BCUT2D eigenvalue weighted by Gasteiger charge is -2.27. The highest BCUT2D eigenvalue weighted by Gasteiger charge is 2.23. The zero-order valence-electron chi connectivity index (χ0n) is 13.8. The maximum Gasteiger partial charge on any atom is 0.184 e. The third kappa shape index (κ3) is 3.96. The first-order valence-corrected chi connectivity index (χ1v) is 10.4. The molecule has 8 heteroatoms. The highest BCUT2D eigenvalue weighted by Crippen LogP contribution is 2.33. The van der Waals surface area contributed by atoms with Gasteiger partial charge >= 0.3 is 0 Å². The van der Waals surface area contributed by atoms with Crippen molar-refractivity contribution in [2.45, 2.75) is 37.8 Å². The van der Waals surface area contributed by atoms with E-state index in [-0.39, 0.29) is 12.1 Å². The number of pyridine rings is 1. The van der Waals surface area contributed by atoms with Crippen LogP contribution in [-0.2, 0) is 0 Å². The molecular weight excluding hydrogens is 438 g/mol. The van der Waals surface area contributed by atoms with Crippen LogP contribution >= 0.6 is 38.9 Å². The van der Waals surface area contributed by atoms with Crippen molar-refractivity contribution in [2.75, 3.05) is 5.32 Å². The first-order valence-electron chi connectivity index (χ1n) is 8.42. The Morgan fingerprint density at radius 2 is 2.08 bits per heavy atom. The lowest BCUT2D eigenvalue weighted by atomic mass is 9.93. The van der Waals surface area contributed by atoms with Gasteiger partial charge < -0.3 is 15.2 Å². The number of hydrogen-bond acceptors (Lipinski definition) is 6. The summed E-state index contributed by atoms with van der Waals surface area (Å²) >= 11 is 10.8. The van der Waals surface area contributed by atoms with Crippen molar-refractivity contribution in [3.8, 4) is 11.5 Å². The number of hydrogen-bond donors (Lipinski definition) is 2. The van der Waals surface area contributed by atoms with Crippen LogP contribution in [0.5, 0.6) is 11.5 Å². The minimum absolute atomic E-state index is 0.0810. The Morgan fingerprint density at radius 1 is 1.23 bits per heavy atom. The first-order chi connectivity index (χ1) is 12.6. The van der Waals surface area contributed by atoms with Crippen molar-refractivity contribution >= 4 is 54.2 Å². The Kier molecular flexibility index (Phi) is 5.31. The molecule has 1 fully saturated rings. The Labute approximate surface area is 168 Å². The predicted molar refractivity (Wildman–Crippen MR) is 109 cm³/mol. The van der Waals surface area contributed by atoms with Crippen LogP contribution in [-0.4, -0.2) is 27.2 Å². The van der Waals surface area contributed by atoms with E-state index >= 15 is 0 Å². The van der Waals surface area contributed by atoms with Gasteiger partial charge in [-0.05, 0) is 47.0 Å². The molecule has 4 rings (SSSR count). The van der Waals surface area contributed by atoms with Crippen LogP contribution in [0.4, 0.5) is 5.13 Å². The van der Waals surface area contributed by atoms with E-state index in [1.54, 1.807) is 23.6 Å².